The number of esters is 2. The van der Waals surface area contributed by atoms with E-state index in [0.29, 0.717) is 23.7 Å². The van der Waals surface area contributed by atoms with Gasteiger partial charge in [0.1, 0.15) is 0 Å². The van der Waals surface area contributed by atoms with Gasteiger partial charge in [-0.05, 0) is 36.5 Å². The SMILES string of the molecule is O=C1OC(=O)[C@H]2[C@H]1[C@H]1C[C@H]2C2=C1[C@@H]1C=C[C@H]2C1. The first-order valence-electron chi connectivity index (χ1n) is 6.43. The van der Waals surface area contributed by atoms with Crippen LogP contribution in [-0.2, 0) is 14.3 Å². The predicted molar refractivity (Wildman–Crippen MR) is 57.4 cm³/mol. The lowest BCUT2D eigenvalue weighted by Crippen LogP contribution is -2.28. The molecule has 5 aliphatic rings. The van der Waals surface area contributed by atoms with Crippen molar-refractivity contribution in [1.82, 2.24) is 0 Å². The molecule has 2 fully saturated rings. The van der Waals surface area contributed by atoms with Crippen LogP contribution in [0.25, 0.3) is 0 Å². The third-order valence-electron chi connectivity index (χ3n) is 5.52. The summed E-state index contributed by atoms with van der Waals surface area (Å²) in [4.78, 5) is 23.5. The standard InChI is InChI=1S/C14H12O3/c15-13-11-7-4-8(12(11)14(16)17-13)10-6-2-1-5(3-6)9(7)10/h1-2,5-8,11-12H,3-4H2/t5-,6+,7-,8-,11+,12+/m0/s1. The normalized spacial score (nSPS) is 52.5. The summed E-state index contributed by atoms with van der Waals surface area (Å²) < 4.78 is 4.84. The smallest absolute Gasteiger partial charge is 0.318 e. The molecule has 17 heavy (non-hydrogen) atoms. The van der Waals surface area contributed by atoms with Crippen molar-refractivity contribution in [1.29, 1.82) is 0 Å². The maximum atomic E-state index is 11.8. The molecule has 1 aliphatic heterocycles. The lowest BCUT2D eigenvalue weighted by atomic mass is 9.74. The number of rotatable bonds is 0. The molecule has 4 aliphatic carbocycles. The monoisotopic (exact) mass is 228 g/mol. The zero-order chi connectivity index (χ0) is 11.3. The summed E-state index contributed by atoms with van der Waals surface area (Å²) in [5, 5.41) is 0. The first kappa shape index (κ1) is 8.67. The molecule has 0 aromatic rings. The van der Waals surface area contributed by atoms with Crippen LogP contribution in [0.5, 0.6) is 0 Å². The lowest BCUT2D eigenvalue weighted by Gasteiger charge is -2.26. The van der Waals surface area contributed by atoms with Crippen LogP contribution in [0, 0.1) is 35.5 Å². The zero-order valence-electron chi connectivity index (χ0n) is 9.26. The quantitative estimate of drug-likeness (QED) is 0.273. The first-order valence-corrected chi connectivity index (χ1v) is 6.43. The van der Waals surface area contributed by atoms with Crippen molar-refractivity contribution in [2.75, 3.05) is 0 Å². The van der Waals surface area contributed by atoms with E-state index in [4.69, 9.17) is 4.74 Å². The van der Waals surface area contributed by atoms with E-state index in [1.165, 1.54) is 17.6 Å². The molecule has 0 spiro atoms. The van der Waals surface area contributed by atoms with Crippen molar-refractivity contribution < 1.29 is 14.3 Å². The third kappa shape index (κ3) is 0.753. The van der Waals surface area contributed by atoms with Gasteiger partial charge in [-0.15, -0.1) is 0 Å². The average Bonchev–Trinajstić information content (AvgIpc) is 3.03. The van der Waals surface area contributed by atoms with Crippen molar-refractivity contribution in [3.63, 3.8) is 0 Å². The molecule has 0 unspecified atom stereocenters. The summed E-state index contributed by atoms with van der Waals surface area (Å²) in [6, 6.07) is 0. The van der Waals surface area contributed by atoms with Crippen LogP contribution in [0.3, 0.4) is 0 Å². The van der Waals surface area contributed by atoms with Crippen molar-refractivity contribution in [3.05, 3.63) is 23.3 Å². The van der Waals surface area contributed by atoms with Crippen LogP contribution in [0.1, 0.15) is 12.8 Å². The van der Waals surface area contributed by atoms with E-state index >= 15 is 0 Å². The van der Waals surface area contributed by atoms with Crippen LogP contribution in [0.15, 0.2) is 23.3 Å². The van der Waals surface area contributed by atoms with Gasteiger partial charge in [-0.3, -0.25) is 9.59 Å². The summed E-state index contributed by atoms with van der Waals surface area (Å²) in [6.07, 6.45) is 6.80. The van der Waals surface area contributed by atoms with Gasteiger partial charge >= 0.3 is 11.9 Å². The second kappa shape index (κ2) is 2.40. The fourth-order valence-electron chi connectivity index (χ4n) is 5.13. The number of cyclic esters (lactones) is 2. The lowest BCUT2D eigenvalue weighted by molar-refractivity contribution is -0.154. The van der Waals surface area contributed by atoms with Crippen molar-refractivity contribution in [2.45, 2.75) is 12.8 Å². The van der Waals surface area contributed by atoms with Gasteiger partial charge in [0.2, 0.25) is 0 Å². The minimum absolute atomic E-state index is 0.140. The highest BCUT2D eigenvalue weighted by molar-refractivity contribution is 5.98. The summed E-state index contributed by atoms with van der Waals surface area (Å²) in [5.41, 5.74) is 3.02. The molecule has 6 atom stereocenters. The Morgan fingerprint density at radius 2 is 1.41 bits per heavy atom. The van der Waals surface area contributed by atoms with Crippen molar-refractivity contribution in [3.8, 4) is 0 Å². The second-order valence-corrected chi connectivity index (χ2v) is 5.98. The second-order valence-electron chi connectivity index (χ2n) is 5.98. The van der Waals surface area contributed by atoms with Gasteiger partial charge in [0.25, 0.3) is 0 Å². The van der Waals surface area contributed by atoms with Gasteiger partial charge in [-0.25, -0.2) is 0 Å². The van der Waals surface area contributed by atoms with Gasteiger partial charge in [0.05, 0.1) is 11.8 Å². The summed E-state index contributed by atoms with van der Waals surface area (Å²) in [6.45, 7) is 0. The molecule has 86 valence electrons. The van der Waals surface area contributed by atoms with Gasteiger partial charge in [0, 0.05) is 0 Å². The minimum Gasteiger partial charge on any atom is -0.393 e. The maximum Gasteiger partial charge on any atom is 0.318 e. The maximum absolute atomic E-state index is 11.8. The van der Waals surface area contributed by atoms with Crippen LogP contribution in [0.4, 0.5) is 0 Å². The van der Waals surface area contributed by atoms with E-state index in [0.717, 1.165) is 6.42 Å². The summed E-state index contributed by atoms with van der Waals surface area (Å²) in [7, 11) is 0. The van der Waals surface area contributed by atoms with Crippen LogP contribution in [-0.4, -0.2) is 11.9 Å². The van der Waals surface area contributed by atoms with Crippen molar-refractivity contribution in [2.24, 2.45) is 35.5 Å². The molecule has 1 saturated carbocycles. The number of hydrogen-bond acceptors (Lipinski definition) is 3. The van der Waals surface area contributed by atoms with E-state index in [1.807, 2.05) is 0 Å². The molecule has 3 heteroatoms. The number of hydrogen-bond donors (Lipinski definition) is 0. The molecule has 3 nitrogen and oxygen atoms in total. The molecule has 0 N–H and O–H groups in total. The van der Waals surface area contributed by atoms with E-state index in [9.17, 15) is 9.59 Å². The largest absolute Gasteiger partial charge is 0.393 e. The number of carbonyl (C=O) groups is 2. The molecule has 5 rings (SSSR count). The Labute approximate surface area is 98.5 Å². The van der Waals surface area contributed by atoms with Crippen LogP contribution in [0.2, 0.25) is 0 Å². The van der Waals surface area contributed by atoms with Gasteiger partial charge < -0.3 is 4.74 Å². The molecule has 1 saturated heterocycles. The highest BCUT2D eigenvalue weighted by Crippen LogP contribution is 2.66. The minimum atomic E-state index is -0.259. The Morgan fingerprint density at radius 1 is 0.882 bits per heavy atom. The first-order chi connectivity index (χ1) is 8.25. The van der Waals surface area contributed by atoms with Crippen LogP contribution < -0.4 is 0 Å². The Kier molecular flexibility index (Phi) is 1.22. The third-order valence-corrected chi connectivity index (χ3v) is 5.52. The highest BCUT2D eigenvalue weighted by atomic mass is 16.6. The Hall–Kier alpha value is -1.38. The predicted octanol–water partition coefficient (Wildman–Crippen LogP) is 1.45. The molecular weight excluding hydrogens is 216 g/mol. The number of carbonyl (C=O) groups excluding carboxylic acids is 2. The molecule has 4 bridgehead atoms. The van der Waals surface area contributed by atoms with Gasteiger partial charge in [-0.1, -0.05) is 23.3 Å². The van der Waals surface area contributed by atoms with Gasteiger partial charge in [-0.2, -0.15) is 0 Å². The Bertz CT molecular complexity index is 498. The number of fused-ring (bicyclic) bond motifs is 11. The topological polar surface area (TPSA) is 43.4 Å². The molecule has 0 radical (unpaired) electrons. The molecule has 1 heterocycles. The average molecular weight is 228 g/mol. The Morgan fingerprint density at radius 3 is 1.94 bits per heavy atom. The van der Waals surface area contributed by atoms with E-state index in [1.54, 1.807) is 0 Å². The van der Waals surface area contributed by atoms with E-state index in [2.05, 4.69) is 12.2 Å². The van der Waals surface area contributed by atoms with E-state index < -0.39 is 0 Å². The van der Waals surface area contributed by atoms with Crippen molar-refractivity contribution >= 4 is 11.9 Å². The number of ether oxygens (including phenoxy) is 1. The molecule has 0 amide bonds. The molecular formula is C14H12O3. The van der Waals surface area contributed by atoms with Gasteiger partial charge in [0.15, 0.2) is 0 Å². The summed E-state index contributed by atoms with van der Waals surface area (Å²) >= 11 is 0. The summed E-state index contributed by atoms with van der Waals surface area (Å²) in [5.74, 6) is 0.969. The highest BCUT2D eigenvalue weighted by Gasteiger charge is 2.65. The molecule has 0 aromatic heterocycles. The zero-order valence-corrected chi connectivity index (χ0v) is 9.26. The van der Waals surface area contributed by atoms with E-state index in [-0.39, 0.29) is 23.8 Å². The molecule has 0 aromatic carbocycles. The van der Waals surface area contributed by atoms with Crippen LogP contribution >= 0.6 is 0 Å². The fraction of sp³-hybridized carbons (Fsp3) is 0.571. The fourth-order valence-corrected chi connectivity index (χ4v) is 5.13. The number of allylic oxidation sites excluding steroid dienone is 4. The Balaban J connectivity index is 1.69.